The molecule has 0 saturated carbocycles. The Morgan fingerprint density at radius 3 is 2.06 bits per heavy atom. The Kier molecular flexibility index (Phi) is 5.41. The lowest BCUT2D eigenvalue weighted by Crippen LogP contribution is -2.49. The summed E-state index contributed by atoms with van der Waals surface area (Å²) >= 11 is 0. The average Bonchev–Trinajstić information content (AvgIpc) is 2.55. The van der Waals surface area contributed by atoms with Gasteiger partial charge in [0, 0.05) is 13.1 Å². The van der Waals surface area contributed by atoms with Crippen molar-refractivity contribution < 1.29 is 24.6 Å². The molecule has 1 aliphatic heterocycles. The number of nitrogens with one attached hydrogen (secondary N) is 1. The molecular weight excluding hydrogens is 240 g/mol. The summed E-state index contributed by atoms with van der Waals surface area (Å²) in [6.07, 6.45) is 3.28. The number of aliphatic carboxylic acids is 2. The van der Waals surface area contributed by atoms with E-state index in [1.54, 1.807) is 4.90 Å². The Morgan fingerprint density at radius 1 is 1.06 bits per heavy atom. The van der Waals surface area contributed by atoms with Gasteiger partial charge in [-0.1, -0.05) is 12.8 Å². The van der Waals surface area contributed by atoms with Gasteiger partial charge in [-0.2, -0.15) is 0 Å². The first-order valence-electron chi connectivity index (χ1n) is 6.00. The van der Waals surface area contributed by atoms with Gasteiger partial charge in [-0.05, 0) is 12.8 Å². The van der Waals surface area contributed by atoms with E-state index in [9.17, 15) is 14.4 Å². The monoisotopic (exact) mass is 258 g/mol. The van der Waals surface area contributed by atoms with Crippen LogP contribution in [-0.4, -0.2) is 52.2 Å². The Balaban J connectivity index is 2.53. The van der Waals surface area contributed by atoms with Gasteiger partial charge >= 0.3 is 18.0 Å². The van der Waals surface area contributed by atoms with Crippen LogP contribution in [0.2, 0.25) is 0 Å². The van der Waals surface area contributed by atoms with E-state index in [0.29, 0.717) is 13.1 Å². The van der Waals surface area contributed by atoms with Gasteiger partial charge in [0.25, 0.3) is 0 Å². The standard InChI is InChI=1S/C11H18N2O5/c14-9(15)7-8(10(16)17)12-11(18)13-5-3-1-2-4-6-13/h8H,1-7H2,(H,12,18)(H,14,15)(H,16,17). The van der Waals surface area contributed by atoms with Crippen LogP contribution in [0, 0.1) is 0 Å². The molecule has 0 radical (unpaired) electrons. The molecule has 3 N–H and O–H groups in total. The Hall–Kier alpha value is -1.79. The van der Waals surface area contributed by atoms with Crippen LogP contribution in [-0.2, 0) is 9.59 Å². The van der Waals surface area contributed by atoms with Crippen LogP contribution in [0.5, 0.6) is 0 Å². The van der Waals surface area contributed by atoms with Gasteiger partial charge in [-0.15, -0.1) is 0 Å². The largest absolute Gasteiger partial charge is 0.481 e. The number of nitrogens with zero attached hydrogens (tertiary/aromatic N) is 1. The molecule has 0 aromatic heterocycles. The maximum atomic E-state index is 11.8. The van der Waals surface area contributed by atoms with E-state index in [1.807, 2.05) is 0 Å². The quantitative estimate of drug-likeness (QED) is 0.680. The SMILES string of the molecule is O=C(O)CC(NC(=O)N1CCCCCC1)C(=O)O. The van der Waals surface area contributed by atoms with Crippen LogP contribution in [0.1, 0.15) is 32.1 Å². The molecule has 7 heteroatoms. The highest BCUT2D eigenvalue weighted by atomic mass is 16.4. The number of carbonyl (C=O) groups is 3. The van der Waals surface area contributed by atoms with Gasteiger partial charge in [0.2, 0.25) is 0 Å². The molecule has 1 heterocycles. The van der Waals surface area contributed by atoms with E-state index >= 15 is 0 Å². The second kappa shape index (κ2) is 6.83. The number of hydrogen-bond donors (Lipinski definition) is 3. The highest BCUT2D eigenvalue weighted by Gasteiger charge is 2.25. The molecule has 0 aromatic carbocycles. The Morgan fingerprint density at radius 2 is 1.61 bits per heavy atom. The smallest absolute Gasteiger partial charge is 0.326 e. The topological polar surface area (TPSA) is 107 Å². The normalized spacial score (nSPS) is 17.7. The zero-order valence-corrected chi connectivity index (χ0v) is 10.1. The molecular formula is C11H18N2O5. The highest BCUT2D eigenvalue weighted by Crippen LogP contribution is 2.10. The molecule has 18 heavy (non-hydrogen) atoms. The molecule has 0 aromatic rings. The van der Waals surface area contributed by atoms with E-state index < -0.39 is 30.4 Å². The Labute approximate surface area is 105 Å². The molecule has 0 bridgehead atoms. The first kappa shape index (κ1) is 14.3. The number of likely N-dealkylation sites (tertiary alicyclic amines) is 1. The minimum atomic E-state index is -1.38. The molecule has 2 amide bonds. The second-order valence-electron chi connectivity index (χ2n) is 4.34. The van der Waals surface area contributed by atoms with E-state index in [2.05, 4.69) is 5.32 Å². The maximum absolute atomic E-state index is 11.8. The Bertz CT molecular complexity index is 323. The third-order valence-electron chi connectivity index (χ3n) is 2.87. The van der Waals surface area contributed by atoms with Crippen molar-refractivity contribution in [3.8, 4) is 0 Å². The maximum Gasteiger partial charge on any atom is 0.326 e. The minimum Gasteiger partial charge on any atom is -0.481 e. The first-order chi connectivity index (χ1) is 8.50. The second-order valence-corrected chi connectivity index (χ2v) is 4.34. The number of rotatable bonds is 4. The van der Waals surface area contributed by atoms with E-state index in [4.69, 9.17) is 10.2 Å². The first-order valence-corrected chi connectivity index (χ1v) is 6.00. The summed E-state index contributed by atoms with van der Waals surface area (Å²) in [5.74, 6) is -2.58. The van der Waals surface area contributed by atoms with Gasteiger partial charge < -0.3 is 20.4 Å². The lowest BCUT2D eigenvalue weighted by atomic mass is 10.2. The molecule has 0 spiro atoms. The number of hydrogen-bond acceptors (Lipinski definition) is 3. The van der Waals surface area contributed by atoms with Gasteiger partial charge in [-0.3, -0.25) is 4.79 Å². The zero-order valence-electron chi connectivity index (χ0n) is 10.1. The van der Waals surface area contributed by atoms with Crippen molar-refractivity contribution in [2.45, 2.75) is 38.1 Å². The number of carbonyl (C=O) groups excluding carboxylic acids is 1. The fraction of sp³-hybridized carbons (Fsp3) is 0.727. The van der Waals surface area contributed by atoms with Crippen LogP contribution in [0.4, 0.5) is 4.79 Å². The summed E-state index contributed by atoms with van der Waals surface area (Å²) in [5, 5.41) is 19.7. The molecule has 1 aliphatic rings. The number of carboxylic acid groups (broad SMARTS) is 2. The van der Waals surface area contributed by atoms with Crippen LogP contribution < -0.4 is 5.32 Å². The van der Waals surface area contributed by atoms with Crippen LogP contribution in [0.25, 0.3) is 0 Å². The molecule has 1 rings (SSSR count). The van der Waals surface area contributed by atoms with E-state index in [0.717, 1.165) is 25.7 Å². The van der Waals surface area contributed by atoms with Crippen molar-refractivity contribution in [1.29, 1.82) is 0 Å². The fourth-order valence-electron chi connectivity index (χ4n) is 1.89. The molecule has 7 nitrogen and oxygen atoms in total. The molecule has 1 atom stereocenters. The summed E-state index contributed by atoms with van der Waals surface area (Å²) in [6, 6.07) is -1.87. The van der Waals surface area contributed by atoms with Gasteiger partial charge in [0.1, 0.15) is 6.04 Å². The summed E-state index contributed by atoms with van der Waals surface area (Å²) in [5.41, 5.74) is 0. The molecule has 1 fully saturated rings. The van der Waals surface area contributed by atoms with Crippen molar-refractivity contribution in [1.82, 2.24) is 10.2 Å². The minimum absolute atomic E-state index is 0.495. The predicted molar refractivity (Wildman–Crippen MR) is 62.2 cm³/mol. The third kappa shape index (κ3) is 4.60. The molecule has 1 unspecified atom stereocenters. The van der Waals surface area contributed by atoms with Crippen molar-refractivity contribution in [3.63, 3.8) is 0 Å². The third-order valence-corrected chi connectivity index (χ3v) is 2.87. The van der Waals surface area contributed by atoms with Crippen molar-refractivity contribution in [2.24, 2.45) is 0 Å². The van der Waals surface area contributed by atoms with Crippen LogP contribution in [0.15, 0.2) is 0 Å². The van der Waals surface area contributed by atoms with Crippen molar-refractivity contribution >= 4 is 18.0 Å². The summed E-state index contributed by atoms with van der Waals surface area (Å²) in [6.45, 7) is 1.18. The molecule has 102 valence electrons. The lowest BCUT2D eigenvalue weighted by Gasteiger charge is -2.23. The molecule has 1 saturated heterocycles. The van der Waals surface area contributed by atoms with Crippen LogP contribution >= 0.6 is 0 Å². The van der Waals surface area contributed by atoms with Crippen molar-refractivity contribution in [2.75, 3.05) is 13.1 Å². The van der Waals surface area contributed by atoms with Gasteiger partial charge in [0.15, 0.2) is 0 Å². The average molecular weight is 258 g/mol. The van der Waals surface area contributed by atoms with E-state index in [1.165, 1.54) is 0 Å². The number of amides is 2. The van der Waals surface area contributed by atoms with E-state index in [-0.39, 0.29) is 0 Å². The summed E-state index contributed by atoms with van der Waals surface area (Å²) < 4.78 is 0. The summed E-state index contributed by atoms with van der Waals surface area (Å²) in [7, 11) is 0. The zero-order chi connectivity index (χ0) is 13.5. The van der Waals surface area contributed by atoms with Crippen LogP contribution in [0.3, 0.4) is 0 Å². The summed E-state index contributed by atoms with van der Waals surface area (Å²) in [4.78, 5) is 34.7. The van der Waals surface area contributed by atoms with Gasteiger partial charge in [-0.25, -0.2) is 9.59 Å². The molecule has 0 aliphatic carbocycles. The lowest BCUT2D eigenvalue weighted by molar-refractivity contribution is -0.145. The van der Waals surface area contributed by atoms with Gasteiger partial charge in [0.05, 0.1) is 6.42 Å². The predicted octanol–water partition coefficient (Wildman–Crippen LogP) is 0.500. The number of carboxylic acids is 2. The fourth-order valence-corrected chi connectivity index (χ4v) is 1.89. The number of urea groups is 1. The van der Waals surface area contributed by atoms with Crippen molar-refractivity contribution in [3.05, 3.63) is 0 Å². The highest BCUT2D eigenvalue weighted by molar-refractivity contribution is 5.86.